The maximum Gasteiger partial charge on any atom is 0.0638 e. The van der Waals surface area contributed by atoms with Crippen LogP contribution in [0.4, 0.5) is 0 Å². The number of aryl methyl sites for hydroxylation is 2. The van der Waals surface area contributed by atoms with E-state index in [1.807, 2.05) is 6.92 Å². The molecule has 0 saturated carbocycles. The van der Waals surface area contributed by atoms with Crippen molar-refractivity contribution < 1.29 is 0 Å². The summed E-state index contributed by atoms with van der Waals surface area (Å²) in [6.45, 7) is 15.2. The Kier molecular flexibility index (Phi) is 4.14. The van der Waals surface area contributed by atoms with E-state index < -0.39 is 0 Å². The van der Waals surface area contributed by atoms with Crippen LogP contribution in [0.25, 0.3) is 0 Å². The summed E-state index contributed by atoms with van der Waals surface area (Å²) in [6.07, 6.45) is 0. The van der Waals surface area contributed by atoms with Crippen LogP contribution in [-0.2, 0) is 6.54 Å². The van der Waals surface area contributed by atoms with Crippen molar-refractivity contribution in [3.8, 4) is 0 Å². The molecule has 0 radical (unpaired) electrons. The van der Waals surface area contributed by atoms with Crippen LogP contribution in [0.5, 0.6) is 0 Å². The van der Waals surface area contributed by atoms with Crippen LogP contribution in [-0.4, -0.2) is 16.7 Å². The predicted molar refractivity (Wildman–Crippen MR) is 68.4 cm³/mol. The topological polar surface area (TPSA) is 40.7 Å². The molecule has 0 aromatic carbocycles. The minimum absolute atomic E-state index is 0.339. The summed E-state index contributed by atoms with van der Waals surface area (Å²) < 4.78 is 0. The van der Waals surface area contributed by atoms with E-state index in [1.165, 1.54) is 11.3 Å². The average molecular weight is 223 g/mol. The van der Waals surface area contributed by atoms with Crippen LogP contribution < -0.4 is 5.32 Å². The Hall–Kier alpha value is -0.830. The summed E-state index contributed by atoms with van der Waals surface area (Å²) in [5.74, 6) is 0.687. The SMILES string of the molecule is Cc1n[nH]c(C)c1CNCC(C)(C)C(C)C. The summed E-state index contributed by atoms with van der Waals surface area (Å²) >= 11 is 0. The number of H-pyrrole nitrogens is 1. The highest BCUT2D eigenvalue weighted by Crippen LogP contribution is 2.24. The van der Waals surface area contributed by atoms with Crippen LogP contribution >= 0.6 is 0 Å². The standard InChI is InChI=1S/C13H25N3/c1-9(2)13(5,6)8-14-7-12-10(3)15-16-11(12)4/h9,14H,7-8H2,1-6H3,(H,15,16). The number of hydrogen-bond donors (Lipinski definition) is 2. The van der Waals surface area contributed by atoms with Crippen molar-refractivity contribution in [2.24, 2.45) is 11.3 Å². The lowest BCUT2D eigenvalue weighted by molar-refractivity contribution is 0.238. The highest BCUT2D eigenvalue weighted by atomic mass is 15.1. The van der Waals surface area contributed by atoms with E-state index in [4.69, 9.17) is 0 Å². The minimum atomic E-state index is 0.339. The second kappa shape index (κ2) is 5.00. The molecule has 0 saturated heterocycles. The molecule has 0 spiro atoms. The van der Waals surface area contributed by atoms with Crippen LogP contribution in [0.2, 0.25) is 0 Å². The summed E-state index contributed by atoms with van der Waals surface area (Å²) in [5, 5.41) is 10.7. The van der Waals surface area contributed by atoms with E-state index in [9.17, 15) is 0 Å². The van der Waals surface area contributed by atoms with Crippen molar-refractivity contribution in [1.82, 2.24) is 15.5 Å². The Labute approximate surface area is 99.0 Å². The van der Waals surface area contributed by atoms with Gasteiger partial charge in [-0.2, -0.15) is 5.10 Å². The molecule has 1 aromatic rings. The molecule has 16 heavy (non-hydrogen) atoms. The summed E-state index contributed by atoms with van der Waals surface area (Å²) in [6, 6.07) is 0. The van der Waals surface area contributed by atoms with Crippen molar-refractivity contribution in [2.75, 3.05) is 6.54 Å². The van der Waals surface area contributed by atoms with Crippen molar-refractivity contribution in [3.63, 3.8) is 0 Å². The second-order valence-electron chi connectivity index (χ2n) is 5.66. The maximum absolute atomic E-state index is 4.20. The van der Waals surface area contributed by atoms with Gasteiger partial charge in [-0.3, -0.25) is 5.10 Å². The Morgan fingerprint density at radius 3 is 2.38 bits per heavy atom. The third-order valence-electron chi connectivity index (χ3n) is 3.73. The lowest BCUT2D eigenvalue weighted by Crippen LogP contribution is -2.33. The Morgan fingerprint density at radius 2 is 1.94 bits per heavy atom. The van der Waals surface area contributed by atoms with Gasteiger partial charge in [0.05, 0.1) is 5.69 Å². The minimum Gasteiger partial charge on any atom is -0.312 e. The highest BCUT2D eigenvalue weighted by molar-refractivity contribution is 5.22. The van der Waals surface area contributed by atoms with Gasteiger partial charge in [0.1, 0.15) is 0 Å². The Morgan fingerprint density at radius 1 is 1.31 bits per heavy atom. The Bertz CT molecular complexity index is 317. The molecular weight excluding hydrogens is 198 g/mol. The van der Waals surface area contributed by atoms with E-state index in [1.54, 1.807) is 0 Å². The lowest BCUT2D eigenvalue weighted by atomic mass is 9.81. The molecular formula is C13H25N3. The molecule has 3 nitrogen and oxygen atoms in total. The van der Waals surface area contributed by atoms with Gasteiger partial charge in [-0.25, -0.2) is 0 Å². The molecule has 0 atom stereocenters. The maximum atomic E-state index is 4.20. The first-order valence-corrected chi connectivity index (χ1v) is 6.05. The van der Waals surface area contributed by atoms with E-state index in [2.05, 4.69) is 50.1 Å². The summed E-state index contributed by atoms with van der Waals surface area (Å²) in [4.78, 5) is 0. The van der Waals surface area contributed by atoms with Gasteiger partial charge in [0, 0.05) is 24.3 Å². The molecule has 1 rings (SSSR count). The molecule has 1 heterocycles. The van der Waals surface area contributed by atoms with Gasteiger partial charge in [-0.15, -0.1) is 0 Å². The van der Waals surface area contributed by atoms with Gasteiger partial charge in [-0.1, -0.05) is 27.7 Å². The van der Waals surface area contributed by atoms with Crippen molar-refractivity contribution in [1.29, 1.82) is 0 Å². The molecule has 0 amide bonds. The van der Waals surface area contributed by atoms with Gasteiger partial charge in [0.2, 0.25) is 0 Å². The van der Waals surface area contributed by atoms with Crippen molar-refractivity contribution in [3.05, 3.63) is 17.0 Å². The van der Waals surface area contributed by atoms with Gasteiger partial charge >= 0.3 is 0 Å². The number of nitrogens with zero attached hydrogens (tertiary/aromatic N) is 1. The number of aromatic nitrogens is 2. The molecule has 0 aliphatic heterocycles. The predicted octanol–water partition coefficient (Wildman–Crippen LogP) is 2.80. The zero-order chi connectivity index (χ0) is 12.3. The number of aromatic amines is 1. The zero-order valence-corrected chi connectivity index (χ0v) is 11.4. The summed E-state index contributed by atoms with van der Waals surface area (Å²) in [7, 11) is 0. The zero-order valence-electron chi connectivity index (χ0n) is 11.4. The monoisotopic (exact) mass is 223 g/mol. The highest BCUT2D eigenvalue weighted by Gasteiger charge is 2.21. The fourth-order valence-corrected chi connectivity index (χ4v) is 1.55. The molecule has 2 N–H and O–H groups in total. The van der Waals surface area contributed by atoms with E-state index in [0.29, 0.717) is 11.3 Å². The van der Waals surface area contributed by atoms with Crippen molar-refractivity contribution >= 4 is 0 Å². The quantitative estimate of drug-likeness (QED) is 0.806. The van der Waals surface area contributed by atoms with Gasteiger partial charge in [0.25, 0.3) is 0 Å². The molecule has 3 heteroatoms. The fourth-order valence-electron chi connectivity index (χ4n) is 1.55. The normalized spacial score (nSPS) is 12.4. The van der Waals surface area contributed by atoms with Crippen LogP contribution in [0.1, 0.15) is 44.6 Å². The third kappa shape index (κ3) is 3.08. The first kappa shape index (κ1) is 13.2. The molecule has 1 aromatic heterocycles. The van der Waals surface area contributed by atoms with Gasteiger partial charge in [0.15, 0.2) is 0 Å². The molecule has 92 valence electrons. The van der Waals surface area contributed by atoms with E-state index in [-0.39, 0.29) is 0 Å². The molecule has 0 unspecified atom stereocenters. The van der Waals surface area contributed by atoms with Crippen LogP contribution in [0.3, 0.4) is 0 Å². The number of hydrogen-bond acceptors (Lipinski definition) is 2. The molecule has 0 bridgehead atoms. The largest absolute Gasteiger partial charge is 0.312 e. The van der Waals surface area contributed by atoms with E-state index in [0.717, 1.165) is 18.8 Å². The van der Waals surface area contributed by atoms with E-state index >= 15 is 0 Å². The average Bonchev–Trinajstić information content (AvgIpc) is 2.48. The van der Waals surface area contributed by atoms with Gasteiger partial charge in [-0.05, 0) is 25.2 Å². The summed E-state index contributed by atoms with van der Waals surface area (Å²) in [5.41, 5.74) is 3.92. The smallest absolute Gasteiger partial charge is 0.0638 e. The molecule has 0 aliphatic rings. The third-order valence-corrected chi connectivity index (χ3v) is 3.73. The Balaban J connectivity index is 2.48. The van der Waals surface area contributed by atoms with Crippen LogP contribution in [0, 0.1) is 25.2 Å². The van der Waals surface area contributed by atoms with Gasteiger partial charge < -0.3 is 5.32 Å². The second-order valence-corrected chi connectivity index (χ2v) is 5.66. The van der Waals surface area contributed by atoms with Crippen molar-refractivity contribution in [2.45, 2.75) is 48.1 Å². The fraction of sp³-hybridized carbons (Fsp3) is 0.769. The van der Waals surface area contributed by atoms with Crippen LogP contribution in [0.15, 0.2) is 0 Å². The lowest BCUT2D eigenvalue weighted by Gasteiger charge is -2.29. The first-order valence-electron chi connectivity index (χ1n) is 6.05. The molecule has 0 aliphatic carbocycles. The molecule has 0 fully saturated rings. The number of nitrogens with one attached hydrogen (secondary N) is 2. The number of rotatable bonds is 5. The first-order chi connectivity index (χ1) is 7.34.